The number of nitrogens with zero attached hydrogens (tertiary/aromatic N) is 2. The zero-order valence-corrected chi connectivity index (χ0v) is 15.0. The largest absolute Gasteiger partial charge is 0.314 e. The molecule has 0 saturated carbocycles. The molecule has 9 heteroatoms. The van der Waals surface area contributed by atoms with E-state index in [4.69, 9.17) is 0 Å². The number of nitrogens with one attached hydrogen (secondary N) is 1. The molecule has 1 N–H and O–H groups in total. The van der Waals surface area contributed by atoms with Crippen LogP contribution in [0.15, 0.2) is 29.2 Å². The predicted octanol–water partition coefficient (Wildman–Crippen LogP) is -0.149. The van der Waals surface area contributed by atoms with Crippen molar-refractivity contribution >= 4 is 20.0 Å². The van der Waals surface area contributed by atoms with Gasteiger partial charge in [0.05, 0.1) is 11.2 Å². The molecule has 0 amide bonds. The second-order valence-corrected chi connectivity index (χ2v) is 9.55. The van der Waals surface area contributed by atoms with Gasteiger partial charge in [-0.05, 0) is 19.1 Å². The normalized spacial score (nSPS) is 19.7. The van der Waals surface area contributed by atoms with Crippen LogP contribution in [0.2, 0.25) is 0 Å². The Kier molecular flexibility index (Phi) is 5.79. The lowest BCUT2D eigenvalue weighted by Gasteiger charge is -2.24. The molecule has 7 nitrogen and oxygen atoms in total. The quantitative estimate of drug-likeness (QED) is 0.809. The Morgan fingerprint density at radius 1 is 0.870 bits per heavy atom. The zero-order valence-electron chi connectivity index (χ0n) is 13.4. The molecule has 1 aromatic carbocycles. The van der Waals surface area contributed by atoms with Gasteiger partial charge in [-0.15, -0.1) is 0 Å². The maximum Gasteiger partial charge on any atom is 0.243 e. The molecule has 0 aromatic heterocycles. The molecule has 1 aliphatic rings. The third kappa shape index (κ3) is 4.74. The van der Waals surface area contributed by atoms with Gasteiger partial charge in [0.2, 0.25) is 20.0 Å². The Morgan fingerprint density at radius 2 is 1.39 bits per heavy atom. The lowest BCUT2D eigenvalue weighted by Crippen LogP contribution is -2.41. The summed E-state index contributed by atoms with van der Waals surface area (Å²) in [4.78, 5) is 0.230. The Labute approximate surface area is 138 Å². The number of hydrogen-bond acceptors (Lipinski definition) is 5. The molecule has 130 valence electrons. The minimum absolute atomic E-state index is 0.144. The fourth-order valence-corrected chi connectivity index (χ4v) is 4.68. The van der Waals surface area contributed by atoms with Gasteiger partial charge in [0.15, 0.2) is 0 Å². The summed E-state index contributed by atoms with van der Waals surface area (Å²) in [5.74, 6) is 0. The van der Waals surface area contributed by atoms with E-state index in [-0.39, 0.29) is 18.0 Å². The van der Waals surface area contributed by atoms with Crippen LogP contribution in [0.5, 0.6) is 0 Å². The average molecular weight is 361 g/mol. The van der Waals surface area contributed by atoms with Gasteiger partial charge in [-0.3, -0.25) is 0 Å². The highest BCUT2D eigenvalue weighted by molar-refractivity contribution is 7.89. The highest BCUT2D eigenvalue weighted by Crippen LogP contribution is 2.16. The van der Waals surface area contributed by atoms with Crippen molar-refractivity contribution in [3.63, 3.8) is 0 Å². The first-order valence-electron chi connectivity index (χ1n) is 7.44. The Balaban J connectivity index is 2.23. The van der Waals surface area contributed by atoms with Crippen LogP contribution < -0.4 is 5.32 Å². The van der Waals surface area contributed by atoms with Crippen LogP contribution in [-0.4, -0.2) is 71.0 Å². The molecule has 0 radical (unpaired) electrons. The second kappa shape index (κ2) is 7.27. The molecule has 0 bridgehead atoms. The third-order valence-corrected chi connectivity index (χ3v) is 7.02. The van der Waals surface area contributed by atoms with Gasteiger partial charge < -0.3 is 5.32 Å². The van der Waals surface area contributed by atoms with Crippen LogP contribution in [0.4, 0.5) is 0 Å². The van der Waals surface area contributed by atoms with Gasteiger partial charge in [-0.25, -0.2) is 16.8 Å². The molecule has 0 atom stereocenters. The lowest BCUT2D eigenvalue weighted by atomic mass is 10.2. The number of rotatable bonds is 3. The fourth-order valence-electron chi connectivity index (χ4n) is 2.41. The van der Waals surface area contributed by atoms with Crippen molar-refractivity contribution in [2.24, 2.45) is 0 Å². The molecular weight excluding hydrogens is 338 g/mol. The molecule has 1 saturated heterocycles. The lowest BCUT2D eigenvalue weighted by molar-refractivity contribution is 0.366. The van der Waals surface area contributed by atoms with Crippen molar-refractivity contribution in [2.45, 2.75) is 11.8 Å². The fraction of sp³-hybridized carbons (Fsp3) is 0.571. The van der Waals surface area contributed by atoms with Gasteiger partial charge in [0.25, 0.3) is 0 Å². The minimum atomic E-state index is -3.63. The summed E-state index contributed by atoms with van der Waals surface area (Å²) < 4.78 is 51.7. The van der Waals surface area contributed by atoms with Gasteiger partial charge in [-0.2, -0.15) is 8.61 Å². The van der Waals surface area contributed by atoms with Crippen LogP contribution in [-0.2, 0) is 20.0 Å². The van der Waals surface area contributed by atoms with E-state index < -0.39 is 20.0 Å². The summed E-state index contributed by atoms with van der Waals surface area (Å²) in [5.41, 5.74) is 0.985. The molecule has 1 fully saturated rings. The molecule has 1 aliphatic heterocycles. The molecule has 23 heavy (non-hydrogen) atoms. The van der Waals surface area contributed by atoms with Gasteiger partial charge in [0, 0.05) is 39.3 Å². The van der Waals surface area contributed by atoms with Crippen molar-refractivity contribution < 1.29 is 16.8 Å². The third-order valence-electron chi connectivity index (χ3n) is 3.80. The molecule has 0 aliphatic carbocycles. The van der Waals surface area contributed by atoms with Gasteiger partial charge in [0.1, 0.15) is 0 Å². The first kappa shape index (κ1) is 18.3. The van der Waals surface area contributed by atoms with Crippen molar-refractivity contribution in [3.05, 3.63) is 29.8 Å². The van der Waals surface area contributed by atoms with Crippen LogP contribution in [0.1, 0.15) is 5.56 Å². The summed E-state index contributed by atoms with van der Waals surface area (Å²) in [5, 5.41) is 3.08. The molecule has 0 spiro atoms. The van der Waals surface area contributed by atoms with E-state index in [1.807, 2.05) is 6.92 Å². The Bertz CT molecular complexity index is 730. The summed E-state index contributed by atoms with van der Waals surface area (Å²) in [6.07, 6.45) is 1.14. The number of hydrogen-bond donors (Lipinski definition) is 1. The maximum absolute atomic E-state index is 12.8. The highest BCUT2D eigenvalue weighted by Gasteiger charge is 2.27. The minimum Gasteiger partial charge on any atom is -0.314 e. The summed E-state index contributed by atoms with van der Waals surface area (Å²) in [6, 6.07) is 6.67. The number of aryl methyl sites for hydroxylation is 1. The van der Waals surface area contributed by atoms with E-state index >= 15 is 0 Å². The van der Waals surface area contributed by atoms with Crippen molar-refractivity contribution in [1.29, 1.82) is 0 Å². The van der Waals surface area contributed by atoms with Crippen LogP contribution >= 0.6 is 0 Å². The Morgan fingerprint density at radius 3 is 1.96 bits per heavy atom. The van der Waals surface area contributed by atoms with Crippen LogP contribution in [0.3, 0.4) is 0 Å². The van der Waals surface area contributed by atoms with E-state index in [0.29, 0.717) is 26.2 Å². The first-order chi connectivity index (χ1) is 10.7. The van der Waals surface area contributed by atoms with Gasteiger partial charge in [-0.1, -0.05) is 17.7 Å². The van der Waals surface area contributed by atoms with Gasteiger partial charge >= 0.3 is 0 Å². The van der Waals surface area contributed by atoms with Crippen molar-refractivity contribution in [2.75, 3.05) is 45.5 Å². The van der Waals surface area contributed by atoms with E-state index in [1.54, 1.807) is 24.3 Å². The topological polar surface area (TPSA) is 86.8 Å². The molecule has 1 aromatic rings. The zero-order chi connectivity index (χ0) is 17.1. The molecule has 0 unspecified atom stereocenters. The maximum atomic E-state index is 12.8. The van der Waals surface area contributed by atoms with Crippen LogP contribution in [0, 0.1) is 6.92 Å². The van der Waals surface area contributed by atoms with E-state index in [1.165, 1.54) is 8.61 Å². The first-order valence-corrected chi connectivity index (χ1v) is 10.7. The standard InChI is InChI=1S/C14H23N3O4S2/c1-13-3-5-14(6-4-13)23(20,21)17-10-8-15-7-9-16(11-12-17)22(2,18)19/h3-6,15H,7-12H2,1-2H3. The number of sulfonamides is 2. The van der Waals surface area contributed by atoms with Crippen molar-refractivity contribution in [3.8, 4) is 0 Å². The highest BCUT2D eigenvalue weighted by atomic mass is 32.2. The molecule has 2 rings (SSSR count). The summed E-state index contributed by atoms with van der Waals surface area (Å²) in [6.45, 7) is 3.85. The van der Waals surface area contributed by atoms with Crippen LogP contribution in [0.25, 0.3) is 0 Å². The van der Waals surface area contributed by atoms with Crippen molar-refractivity contribution in [1.82, 2.24) is 13.9 Å². The smallest absolute Gasteiger partial charge is 0.243 e. The monoisotopic (exact) mass is 361 g/mol. The summed E-state index contributed by atoms with van der Waals surface area (Å²) in [7, 11) is -6.98. The second-order valence-electron chi connectivity index (χ2n) is 5.63. The SMILES string of the molecule is Cc1ccc(S(=O)(=O)N2CCNCCN(S(C)(=O)=O)CC2)cc1. The predicted molar refractivity (Wildman–Crippen MR) is 89.2 cm³/mol. The number of benzene rings is 1. The van der Waals surface area contributed by atoms with E-state index in [2.05, 4.69) is 5.32 Å². The average Bonchev–Trinajstić information content (AvgIpc) is 2.59. The van der Waals surface area contributed by atoms with E-state index in [0.717, 1.165) is 11.8 Å². The molecular formula is C14H23N3O4S2. The van der Waals surface area contributed by atoms with E-state index in [9.17, 15) is 16.8 Å². The molecule has 1 heterocycles. The summed E-state index contributed by atoms with van der Waals surface area (Å²) >= 11 is 0. The Hall–Kier alpha value is -1.00.